The van der Waals surface area contributed by atoms with Crippen LogP contribution >= 0.6 is 23.2 Å². The molecule has 34 heavy (non-hydrogen) atoms. The van der Waals surface area contributed by atoms with Crippen LogP contribution in [0.1, 0.15) is 62.5 Å². The summed E-state index contributed by atoms with van der Waals surface area (Å²) in [5.74, 6) is -2.00. The Morgan fingerprint density at radius 2 is 1.82 bits per heavy atom. The minimum atomic E-state index is -0.751. The fraction of sp³-hybridized carbons (Fsp3) is 0.462. The zero-order valence-corrected chi connectivity index (χ0v) is 21.1. The van der Waals surface area contributed by atoms with E-state index in [0.29, 0.717) is 22.7 Å². The third kappa shape index (κ3) is 4.10. The fourth-order valence-corrected chi connectivity index (χ4v) is 6.60. The van der Waals surface area contributed by atoms with Gasteiger partial charge in [0.05, 0.1) is 11.1 Å². The van der Waals surface area contributed by atoms with Crippen LogP contribution in [0.2, 0.25) is 10.0 Å². The average Bonchev–Trinajstić information content (AvgIpc) is 3.01. The van der Waals surface area contributed by atoms with Crippen LogP contribution in [0.5, 0.6) is 0 Å². The molecule has 2 aromatic rings. The van der Waals surface area contributed by atoms with E-state index >= 15 is 4.39 Å². The van der Waals surface area contributed by atoms with Crippen LogP contribution in [0, 0.1) is 11.2 Å². The number of nitrogens with two attached hydrogens (primary N) is 1. The minimum absolute atomic E-state index is 0.00445. The van der Waals surface area contributed by atoms with Crippen molar-refractivity contribution in [2.45, 2.75) is 62.9 Å². The third-order valence-electron chi connectivity index (χ3n) is 8.06. The van der Waals surface area contributed by atoms with Crippen molar-refractivity contribution in [2.75, 3.05) is 12.4 Å². The van der Waals surface area contributed by atoms with Crippen molar-refractivity contribution in [3.63, 3.8) is 0 Å². The van der Waals surface area contributed by atoms with Crippen molar-refractivity contribution in [2.24, 2.45) is 11.1 Å². The smallest absolute Gasteiger partial charge is 0.235 e. The van der Waals surface area contributed by atoms with Crippen molar-refractivity contribution in [3.8, 4) is 0 Å². The van der Waals surface area contributed by atoms with E-state index in [9.17, 15) is 9.59 Å². The van der Waals surface area contributed by atoms with Gasteiger partial charge in [0, 0.05) is 28.1 Å². The molecule has 2 fully saturated rings. The van der Waals surface area contributed by atoms with Gasteiger partial charge in [0.1, 0.15) is 5.82 Å². The van der Waals surface area contributed by atoms with E-state index < -0.39 is 29.2 Å². The van der Waals surface area contributed by atoms with Crippen LogP contribution in [0.3, 0.4) is 0 Å². The lowest BCUT2D eigenvalue weighted by Crippen LogP contribution is -2.53. The number of primary amides is 1. The molecular formula is C26H30Cl2FN3O2. The SMILES string of the molecule is CN1C(C(N)=O)[C@H](c2cccc(Cl)c2F)C(c2ccc(Cl)cc2NC=O)C12CCC(C)(C)CC2. The first-order valence-electron chi connectivity index (χ1n) is 11.5. The van der Waals surface area contributed by atoms with Crippen LogP contribution in [-0.2, 0) is 9.59 Å². The van der Waals surface area contributed by atoms with Crippen molar-refractivity contribution < 1.29 is 14.0 Å². The maximum absolute atomic E-state index is 15.5. The normalized spacial score (nSPS) is 25.9. The van der Waals surface area contributed by atoms with Gasteiger partial charge in [0.25, 0.3) is 0 Å². The highest BCUT2D eigenvalue weighted by molar-refractivity contribution is 6.31. The number of carbonyl (C=O) groups excluding carboxylic acids is 2. The lowest BCUT2D eigenvalue weighted by molar-refractivity contribution is -0.123. The second-order valence-electron chi connectivity index (χ2n) is 10.4. The Hall–Kier alpha value is -2.15. The first-order valence-corrected chi connectivity index (χ1v) is 12.2. The molecule has 0 aromatic heterocycles. The molecule has 1 saturated heterocycles. The Balaban J connectivity index is 2.00. The highest BCUT2D eigenvalue weighted by Gasteiger charge is 2.61. The van der Waals surface area contributed by atoms with Gasteiger partial charge in [-0.3, -0.25) is 14.5 Å². The Labute approximate surface area is 209 Å². The minimum Gasteiger partial charge on any atom is -0.368 e. The van der Waals surface area contributed by atoms with Crippen LogP contribution in [0.25, 0.3) is 0 Å². The number of amides is 2. The molecule has 182 valence electrons. The highest BCUT2D eigenvalue weighted by atomic mass is 35.5. The summed E-state index contributed by atoms with van der Waals surface area (Å²) in [4.78, 5) is 26.5. The van der Waals surface area contributed by atoms with Crippen LogP contribution in [0.4, 0.5) is 10.1 Å². The molecule has 3 atom stereocenters. The van der Waals surface area contributed by atoms with E-state index in [0.717, 1.165) is 31.2 Å². The number of anilines is 1. The van der Waals surface area contributed by atoms with Crippen molar-refractivity contribution in [1.29, 1.82) is 0 Å². The van der Waals surface area contributed by atoms with E-state index in [4.69, 9.17) is 28.9 Å². The molecule has 0 radical (unpaired) electrons. The zero-order valence-electron chi connectivity index (χ0n) is 19.6. The first kappa shape index (κ1) is 25.0. The molecule has 5 nitrogen and oxygen atoms in total. The maximum Gasteiger partial charge on any atom is 0.235 e. The van der Waals surface area contributed by atoms with Gasteiger partial charge < -0.3 is 11.1 Å². The van der Waals surface area contributed by atoms with Crippen LogP contribution in [-0.4, -0.2) is 35.8 Å². The van der Waals surface area contributed by atoms with E-state index in [1.54, 1.807) is 24.3 Å². The number of likely N-dealkylation sites (N-methyl/N-ethyl adjacent to an activating group) is 1. The van der Waals surface area contributed by atoms with Gasteiger partial charge >= 0.3 is 0 Å². The van der Waals surface area contributed by atoms with Crippen LogP contribution < -0.4 is 11.1 Å². The van der Waals surface area contributed by atoms with Gasteiger partial charge in [-0.2, -0.15) is 0 Å². The van der Waals surface area contributed by atoms with E-state index in [2.05, 4.69) is 24.1 Å². The number of hydrogen-bond donors (Lipinski definition) is 2. The highest BCUT2D eigenvalue weighted by Crippen LogP contribution is 2.61. The van der Waals surface area contributed by atoms with Gasteiger partial charge in [0.15, 0.2) is 0 Å². The van der Waals surface area contributed by atoms with Crippen molar-refractivity contribution in [1.82, 2.24) is 4.90 Å². The molecule has 0 bridgehead atoms. The number of likely N-dealkylation sites (tertiary alicyclic amines) is 1. The monoisotopic (exact) mass is 505 g/mol. The molecule has 1 heterocycles. The van der Waals surface area contributed by atoms with E-state index in [-0.39, 0.29) is 16.4 Å². The molecule has 1 saturated carbocycles. The number of carbonyl (C=O) groups is 2. The second-order valence-corrected chi connectivity index (χ2v) is 11.2. The Morgan fingerprint density at radius 1 is 1.15 bits per heavy atom. The number of hydrogen-bond acceptors (Lipinski definition) is 3. The molecular weight excluding hydrogens is 476 g/mol. The molecule has 2 unspecified atom stereocenters. The number of benzene rings is 2. The van der Waals surface area contributed by atoms with Crippen molar-refractivity contribution in [3.05, 3.63) is 63.4 Å². The Morgan fingerprint density at radius 3 is 2.44 bits per heavy atom. The standard InChI is InChI=1S/C26H30Cl2FN3O2/c1-25(2)9-11-26(12-10-25)21(16-8-7-15(27)13-19(16)31-14-33)20(23(24(30)34)32(26)3)17-5-4-6-18(28)22(17)29/h4-8,13-14,20-21,23H,9-12H2,1-3H3,(H2,30,34)(H,31,33)/t20-,21?,23?/m1/s1. The maximum atomic E-state index is 15.5. The third-order valence-corrected chi connectivity index (χ3v) is 8.59. The lowest BCUT2D eigenvalue weighted by atomic mass is 9.61. The summed E-state index contributed by atoms with van der Waals surface area (Å²) in [6, 6.07) is 9.43. The topological polar surface area (TPSA) is 75.4 Å². The molecule has 2 aromatic carbocycles. The van der Waals surface area contributed by atoms with Gasteiger partial charge in [0.2, 0.25) is 12.3 Å². The quantitative estimate of drug-likeness (QED) is 0.511. The summed E-state index contributed by atoms with van der Waals surface area (Å²) in [5, 5.41) is 3.23. The summed E-state index contributed by atoms with van der Waals surface area (Å²) in [7, 11) is 1.91. The summed E-state index contributed by atoms with van der Waals surface area (Å²) in [6.45, 7) is 4.48. The lowest BCUT2D eigenvalue weighted by Gasteiger charge is -2.49. The summed E-state index contributed by atoms with van der Waals surface area (Å²) < 4.78 is 15.5. The van der Waals surface area contributed by atoms with Gasteiger partial charge in [-0.05, 0) is 67.5 Å². The molecule has 1 aliphatic carbocycles. The fourth-order valence-electron chi connectivity index (χ4n) is 6.24. The first-order chi connectivity index (χ1) is 16.0. The molecule has 2 aliphatic rings. The zero-order chi connectivity index (χ0) is 24.8. The predicted octanol–water partition coefficient (Wildman–Crippen LogP) is 5.71. The number of halogens is 3. The molecule has 8 heteroatoms. The molecule has 3 N–H and O–H groups in total. The number of nitrogens with zero attached hydrogens (tertiary/aromatic N) is 1. The summed E-state index contributed by atoms with van der Waals surface area (Å²) in [6.07, 6.45) is 4.08. The molecule has 1 aliphatic heterocycles. The Kier molecular flexibility index (Phi) is 6.71. The van der Waals surface area contributed by atoms with Gasteiger partial charge in [-0.25, -0.2) is 4.39 Å². The molecule has 1 spiro atoms. The Bertz CT molecular complexity index is 1110. The largest absolute Gasteiger partial charge is 0.368 e. The number of nitrogens with one attached hydrogen (secondary N) is 1. The number of rotatable bonds is 5. The van der Waals surface area contributed by atoms with Gasteiger partial charge in [-0.1, -0.05) is 55.2 Å². The van der Waals surface area contributed by atoms with Gasteiger partial charge in [-0.15, -0.1) is 0 Å². The molecule has 2 amide bonds. The molecule has 4 rings (SSSR count). The predicted molar refractivity (Wildman–Crippen MR) is 134 cm³/mol. The summed E-state index contributed by atoms with van der Waals surface area (Å²) in [5.41, 5.74) is 7.36. The second kappa shape index (κ2) is 9.14. The average molecular weight is 506 g/mol. The summed E-state index contributed by atoms with van der Waals surface area (Å²) >= 11 is 12.4. The van der Waals surface area contributed by atoms with Crippen LogP contribution in [0.15, 0.2) is 36.4 Å². The van der Waals surface area contributed by atoms with E-state index in [1.165, 1.54) is 6.07 Å². The van der Waals surface area contributed by atoms with Crippen molar-refractivity contribution >= 4 is 41.2 Å². The van der Waals surface area contributed by atoms with E-state index in [1.807, 2.05) is 13.1 Å².